The van der Waals surface area contributed by atoms with Crippen LogP contribution in [0.3, 0.4) is 0 Å². The molecule has 0 fully saturated rings. The Morgan fingerprint density at radius 3 is 1.86 bits per heavy atom. The van der Waals surface area contributed by atoms with Crippen molar-refractivity contribution in [3.05, 3.63) is 35.9 Å². The Hall–Kier alpha value is -0.580. The van der Waals surface area contributed by atoms with E-state index in [0.717, 1.165) is 0 Å². The Kier molecular flexibility index (Phi) is 5.76. The molecule has 0 unspecified atom stereocenters. The zero-order valence-corrected chi connectivity index (χ0v) is 9.59. The van der Waals surface area contributed by atoms with E-state index in [4.69, 9.17) is 10.2 Å². The van der Waals surface area contributed by atoms with Gasteiger partial charge >= 0.3 is 49.7 Å². The molecule has 0 saturated carbocycles. The molecule has 0 spiro atoms. The molecule has 0 radical (unpaired) electrons. The van der Waals surface area contributed by atoms with Gasteiger partial charge in [-0.2, -0.15) is 0 Å². The third-order valence-corrected chi connectivity index (χ3v) is 1.63. The summed E-state index contributed by atoms with van der Waals surface area (Å²) in [7, 11) is 0. The molecule has 5 heteroatoms. The molecule has 0 aliphatic carbocycles. The predicted octanol–water partition coefficient (Wildman–Crippen LogP) is 0.784. The minimum atomic E-state index is -1.47. The molecule has 0 aromatic heterocycles. The van der Waals surface area contributed by atoms with Crippen molar-refractivity contribution < 1.29 is 22.7 Å². The van der Waals surface area contributed by atoms with Crippen molar-refractivity contribution in [1.29, 1.82) is 0 Å². The first kappa shape index (κ1) is 13.4. The van der Waals surface area contributed by atoms with Gasteiger partial charge in [0.15, 0.2) is 5.92 Å². The van der Waals surface area contributed by atoms with Gasteiger partial charge in [0.2, 0.25) is 0 Å². The fourth-order valence-electron chi connectivity index (χ4n) is 1.04. The second-order valence-corrected chi connectivity index (χ2v) is 2.52. The maximum Gasteiger partial charge on any atom is 2.00 e. The number of carbonyl (C=O) groups is 2. The molecule has 2 N–H and O–H groups in total. The van der Waals surface area contributed by atoms with Crippen LogP contribution in [0.5, 0.6) is 0 Å². The molecule has 0 amide bonds. The SMILES string of the molecule is O=C(O)C(C(=O)O)c1ccccc1.[Ca+2].[H-].[H-]. The second kappa shape index (κ2) is 6.01. The molecule has 72 valence electrons. The normalized spacial score (nSPS) is 9.21. The van der Waals surface area contributed by atoms with Crippen molar-refractivity contribution in [3.63, 3.8) is 0 Å². The summed E-state index contributed by atoms with van der Waals surface area (Å²) in [6.07, 6.45) is 0. The van der Waals surface area contributed by atoms with Crippen LogP contribution in [0.25, 0.3) is 0 Å². The van der Waals surface area contributed by atoms with Crippen LogP contribution < -0.4 is 0 Å². The molecule has 14 heavy (non-hydrogen) atoms. The van der Waals surface area contributed by atoms with Crippen LogP contribution in [0.1, 0.15) is 14.3 Å². The number of hydrogen-bond acceptors (Lipinski definition) is 2. The first-order chi connectivity index (χ1) is 6.13. The maximum atomic E-state index is 10.6. The van der Waals surface area contributed by atoms with Gasteiger partial charge in [-0.15, -0.1) is 0 Å². The monoisotopic (exact) mass is 222 g/mol. The molecular weight excluding hydrogens is 212 g/mol. The van der Waals surface area contributed by atoms with Crippen LogP contribution in [0, 0.1) is 0 Å². The molecule has 4 nitrogen and oxygen atoms in total. The maximum absolute atomic E-state index is 10.6. The van der Waals surface area contributed by atoms with Crippen LogP contribution in [-0.4, -0.2) is 59.9 Å². The van der Waals surface area contributed by atoms with Gasteiger partial charge in [-0.25, -0.2) is 0 Å². The minimum absolute atomic E-state index is 0. The first-order valence-corrected chi connectivity index (χ1v) is 3.63. The number of carboxylic acids is 2. The van der Waals surface area contributed by atoms with Gasteiger partial charge in [0, 0.05) is 0 Å². The average Bonchev–Trinajstić information content (AvgIpc) is 2.04. The van der Waals surface area contributed by atoms with Crippen LogP contribution in [0.15, 0.2) is 30.3 Å². The number of hydrogen-bond donors (Lipinski definition) is 2. The molecule has 0 heterocycles. The van der Waals surface area contributed by atoms with Gasteiger partial charge in [0.25, 0.3) is 0 Å². The van der Waals surface area contributed by atoms with E-state index in [0.29, 0.717) is 0 Å². The van der Waals surface area contributed by atoms with E-state index >= 15 is 0 Å². The van der Waals surface area contributed by atoms with Gasteiger partial charge in [-0.05, 0) is 5.56 Å². The van der Waals surface area contributed by atoms with E-state index in [2.05, 4.69) is 0 Å². The quantitative estimate of drug-likeness (QED) is 0.585. The molecule has 1 aromatic carbocycles. The summed E-state index contributed by atoms with van der Waals surface area (Å²) in [6.45, 7) is 0. The van der Waals surface area contributed by atoms with Crippen molar-refractivity contribution in [2.24, 2.45) is 0 Å². The third kappa shape index (κ3) is 3.29. The van der Waals surface area contributed by atoms with Gasteiger partial charge in [-0.3, -0.25) is 9.59 Å². The molecule has 1 aromatic rings. The Morgan fingerprint density at radius 1 is 1.07 bits per heavy atom. The van der Waals surface area contributed by atoms with E-state index in [9.17, 15) is 9.59 Å². The van der Waals surface area contributed by atoms with Gasteiger partial charge in [0.05, 0.1) is 0 Å². The van der Waals surface area contributed by atoms with E-state index < -0.39 is 17.9 Å². The summed E-state index contributed by atoms with van der Waals surface area (Å²) < 4.78 is 0. The van der Waals surface area contributed by atoms with Crippen LogP contribution in [-0.2, 0) is 9.59 Å². The zero-order valence-electron chi connectivity index (χ0n) is 9.38. The molecule has 0 aliphatic rings. The van der Waals surface area contributed by atoms with Gasteiger partial charge in [-0.1, -0.05) is 30.3 Å². The third-order valence-electron chi connectivity index (χ3n) is 1.63. The summed E-state index contributed by atoms with van der Waals surface area (Å²) in [5.74, 6) is -4.17. The van der Waals surface area contributed by atoms with E-state index in [-0.39, 0.29) is 46.2 Å². The summed E-state index contributed by atoms with van der Waals surface area (Å²) >= 11 is 0. The Morgan fingerprint density at radius 2 is 1.50 bits per heavy atom. The first-order valence-electron chi connectivity index (χ1n) is 3.63. The van der Waals surface area contributed by atoms with E-state index in [1.54, 1.807) is 18.2 Å². The van der Waals surface area contributed by atoms with Crippen molar-refractivity contribution in [2.75, 3.05) is 0 Å². The number of aliphatic carboxylic acids is 2. The number of carboxylic acid groups (broad SMARTS) is 2. The summed E-state index contributed by atoms with van der Waals surface area (Å²) in [5.41, 5.74) is 0.280. The molecular formula is C9H10CaO4. The Bertz CT molecular complexity index is 318. The van der Waals surface area contributed by atoms with Gasteiger partial charge in [0.1, 0.15) is 0 Å². The van der Waals surface area contributed by atoms with Crippen molar-refractivity contribution >= 4 is 49.7 Å². The smallest absolute Gasteiger partial charge is 1.00 e. The topological polar surface area (TPSA) is 74.6 Å². The van der Waals surface area contributed by atoms with Crippen molar-refractivity contribution in [3.8, 4) is 0 Å². The number of rotatable bonds is 3. The van der Waals surface area contributed by atoms with Crippen LogP contribution in [0.4, 0.5) is 0 Å². The Labute approximate surface area is 114 Å². The van der Waals surface area contributed by atoms with E-state index in [1.807, 2.05) is 0 Å². The average molecular weight is 222 g/mol. The fourth-order valence-corrected chi connectivity index (χ4v) is 1.04. The summed E-state index contributed by atoms with van der Waals surface area (Å²) in [6, 6.07) is 7.87. The largest absolute Gasteiger partial charge is 2.00 e. The standard InChI is InChI=1S/C9H8O4.Ca.2H/c10-8(11)7(9(12)13)6-4-2-1-3-5-6;;;/h1-5,7H,(H,10,11)(H,12,13);;;/q;+2;2*-1. The van der Waals surface area contributed by atoms with Crippen LogP contribution >= 0.6 is 0 Å². The number of benzene rings is 1. The Balaban J connectivity index is -0.000000563. The molecule has 1 rings (SSSR count). The minimum Gasteiger partial charge on any atom is -1.00 e. The summed E-state index contributed by atoms with van der Waals surface area (Å²) in [4.78, 5) is 21.1. The predicted molar refractivity (Wildman–Crippen MR) is 52.4 cm³/mol. The molecule has 0 atom stereocenters. The summed E-state index contributed by atoms with van der Waals surface area (Å²) in [5, 5.41) is 17.2. The van der Waals surface area contributed by atoms with Gasteiger partial charge < -0.3 is 13.1 Å². The van der Waals surface area contributed by atoms with Crippen molar-refractivity contribution in [1.82, 2.24) is 0 Å². The molecule has 0 aliphatic heterocycles. The molecule has 0 saturated heterocycles. The zero-order chi connectivity index (χ0) is 9.84. The molecule has 0 bridgehead atoms. The second-order valence-electron chi connectivity index (χ2n) is 2.52. The van der Waals surface area contributed by atoms with E-state index in [1.165, 1.54) is 12.1 Å². The van der Waals surface area contributed by atoms with Crippen molar-refractivity contribution in [2.45, 2.75) is 5.92 Å². The van der Waals surface area contributed by atoms with Crippen LogP contribution in [0.2, 0.25) is 0 Å². The fraction of sp³-hybridized carbons (Fsp3) is 0.111.